The molecule has 2 aromatic rings. The summed E-state index contributed by atoms with van der Waals surface area (Å²) in [6, 6.07) is 12.0. The summed E-state index contributed by atoms with van der Waals surface area (Å²) < 4.78 is 5.51. The maximum Gasteiger partial charge on any atom is 0.283 e. The third-order valence-corrected chi connectivity index (χ3v) is 6.06. The molecule has 2 aromatic carbocycles. The van der Waals surface area contributed by atoms with Crippen LogP contribution < -0.4 is 15.5 Å². The van der Waals surface area contributed by atoms with E-state index in [9.17, 15) is 14.4 Å². The molecule has 8 heteroatoms. The molecule has 2 aliphatic heterocycles. The molecule has 0 spiro atoms. The first-order valence-electron chi connectivity index (χ1n) is 10.5. The third kappa shape index (κ3) is 4.40. The summed E-state index contributed by atoms with van der Waals surface area (Å²) >= 11 is 6.20. The van der Waals surface area contributed by atoms with Crippen molar-refractivity contribution >= 4 is 40.7 Å². The second-order valence-electron chi connectivity index (χ2n) is 7.95. The van der Waals surface area contributed by atoms with Crippen LogP contribution in [0.15, 0.2) is 53.2 Å². The monoisotopic (exact) mass is 453 g/mol. The Hall–Kier alpha value is -3.16. The molecule has 32 heavy (non-hydrogen) atoms. The predicted molar refractivity (Wildman–Crippen MR) is 123 cm³/mol. The number of amides is 3. The Bertz CT molecular complexity index is 1100. The minimum Gasteiger partial charge on any atom is -0.376 e. The molecule has 1 fully saturated rings. The van der Waals surface area contributed by atoms with Crippen LogP contribution in [0.2, 0.25) is 0 Å². The molecule has 0 radical (unpaired) electrons. The number of carbonyl (C=O) groups excluding carboxylic acids is 3. The Kier molecular flexibility index (Phi) is 6.30. The van der Waals surface area contributed by atoms with Gasteiger partial charge >= 0.3 is 0 Å². The van der Waals surface area contributed by atoms with Crippen molar-refractivity contribution in [3.63, 3.8) is 0 Å². The smallest absolute Gasteiger partial charge is 0.283 e. The minimum absolute atomic E-state index is 0.00507. The zero-order valence-electron chi connectivity index (χ0n) is 17.9. The van der Waals surface area contributed by atoms with Crippen molar-refractivity contribution in [1.82, 2.24) is 5.32 Å². The van der Waals surface area contributed by atoms with Crippen LogP contribution in [-0.2, 0) is 14.3 Å². The number of anilines is 2. The first-order valence-corrected chi connectivity index (χ1v) is 10.9. The molecule has 1 saturated heterocycles. The molecule has 0 aliphatic carbocycles. The molecular weight excluding hydrogens is 430 g/mol. The second-order valence-corrected chi connectivity index (χ2v) is 8.33. The number of imide groups is 1. The molecule has 1 unspecified atom stereocenters. The van der Waals surface area contributed by atoms with Gasteiger partial charge in [-0.3, -0.25) is 14.4 Å². The summed E-state index contributed by atoms with van der Waals surface area (Å²) in [7, 11) is 0. The number of nitrogens with one attached hydrogen (secondary N) is 2. The number of nitrogens with zero attached hydrogens (tertiary/aromatic N) is 1. The molecule has 3 amide bonds. The predicted octanol–water partition coefficient (Wildman–Crippen LogP) is 3.65. The van der Waals surface area contributed by atoms with Gasteiger partial charge in [-0.2, -0.15) is 0 Å². The number of rotatable bonds is 6. The lowest BCUT2D eigenvalue weighted by molar-refractivity contribution is -0.120. The van der Waals surface area contributed by atoms with Gasteiger partial charge in [0.1, 0.15) is 10.7 Å². The van der Waals surface area contributed by atoms with Gasteiger partial charge in [0.25, 0.3) is 17.7 Å². The summed E-state index contributed by atoms with van der Waals surface area (Å²) in [5.41, 5.74) is 3.53. The van der Waals surface area contributed by atoms with E-state index in [1.807, 2.05) is 19.9 Å². The third-order valence-electron chi connectivity index (χ3n) is 5.71. The van der Waals surface area contributed by atoms with Crippen LogP contribution in [0, 0.1) is 13.8 Å². The standard InChI is InChI=1S/C24H24ClN3O4/c1-14-5-10-18(12-15(14)2)28-23(30)20(25)21(24(28)31)27-17-8-6-16(7-9-17)22(29)26-13-19-4-3-11-32-19/h5-10,12,19,27H,3-4,11,13H2,1-2H3,(H,26,29). The average Bonchev–Trinajstić information content (AvgIpc) is 3.38. The second kappa shape index (κ2) is 9.14. The van der Waals surface area contributed by atoms with E-state index in [1.165, 1.54) is 0 Å². The molecule has 1 atom stereocenters. The lowest BCUT2D eigenvalue weighted by Gasteiger charge is -2.16. The Balaban J connectivity index is 1.43. The van der Waals surface area contributed by atoms with Crippen LogP contribution in [0.25, 0.3) is 0 Å². The fourth-order valence-electron chi connectivity index (χ4n) is 3.67. The summed E-state index contributed by atoms with van der Waals surface area (Å²) in [6.07, 6.45) is 2.03. The molecule has 0 saturated carbocycles. The molecule has 0 aromatic heterocycles. The summed E-state index contributed by atoms with van der Waals surface area (Å²) in [6.45, 7) is 5.09. The number of hydrogen-bond donors (Lipinski definition) is 2. The van der Waals surface area contributed by atoms with Gasteiger partial charge in [-0.15, -0.1) is 0 Å². The van der Waals surface area contributed by atoms with E-state index in [-0.39, 0.29) is 22.7 Å². The first-order chi connectivity index (χ1) is 15.3. The van der Waals surface area contributed by atoms with Gasteiger partial charge in [-0.1, -0.05) is 17.7 Å². The van der Waals surface area contributed by atoms with E-state index >= 15 is 0 Å². The first kappa shape index (κ1) is 22.0. The highest BCUT2D eigenvalue weighted by Crippen LogP contribution is 2.31. The number of hydrogen-bond acceptors (Lipinski definition) is 5. The van der Waals surface area contributed by atoms with Gasteiger partial charge in [0, 0.05) is 24.4 Å². The van der Waals surface area contributed by atoms with Gasteiger partial charge in [0.2, 0.25) is 0 Å². The molecule has 2 N–H and O–H groups in total. The molecule has 4 rings (SSSR count). The van der Waals surface area contributed by atoms with Crippen LogP contribution in [0.1, 0.15) is 34.3 Å². The Morgan fingerprint density at radius 1 is 1.09 bits per heavy atom. The lowest BCUT2D eigenvalue weighted by Crippen LogP contribution is -2.32. The highest BCUT2D eigenvalue weighted by molar-refractivity contribution is 6.53. The number of halogens is 1. The van der Waals surface area contributed by atoms with E-state index in [1.54, 1.807) is 36.4 Å². The van der Waals surface area contributed by atoms with Gasteiger partial charge < -0.3 is 15.4 Å². The van der Waals surface area contributed by atoms with Crippen LogP contribution in [-0.4, -0.2) is 37.0 Å². The van der Waals surface area contributed by atoms with Crippen LogP contribution in [0.3, 0.4) is 0 Å². The van der Waals surface area contributed by atoms with Crippen molar-refractivity contribution in [3.8, 4) is 0 Å². The molecule has 2 heterocycles. The van der Waals surface area contributed by atoms with Crippen molar-refractivity contribution in [3.05, 3.63) is 69.9 Å². The van der Waals surface area contributed by atoms with E-state index in [2.05, 4.69) is 10.6 Å². The topological polar surface area (TPSA) is 87.7 Å². The van der Waals surface area contributed by atoms with Gasteiger partial charge in [0.15, 0.2) is 0 Å². The maximum atomic E-state index is 12.9. The highest BCUT2D eigenvalue weighted by Gasteiger charge is 2.39. The number of ether oxygens (including phenoxy) is 1. The molecule has 0 bridgehead atoms. The van der Waals surface area contributed by atoms with Crippen molar-refractivity contribution in [1.29, 1.82) is 0 Å². The fourth-order valence-corrected chi connectivity index (χ4v) is 3.89. The maximum absolute atomic E-state index is 12.9. The van der Waals surface area contributed by atoms with Crippen molar-refractivity contribution in [2.24, 2.45) is 0 Å². The van der Waals surface area contributed by atoms with Crippen molar-refractivity contribution < 1.29 is 19.1 Å². The molecule has 7 nitrogen and oxygen atoms in total. The van der Waals surface area contributed by atoms with Crippen LogP contribution in [0.5, 0.6) is 0 Å². The lowest BCUT2D eigenvalue weighted by atomic mass is 10.1. The van der Waals surface area contributed by atoms with E-state index in [0.29, 0.717) is 23.5 Å². The number of benzene rings is 2. The van der Waals surface area contributed by atoms with Gasteiger partial charge in [0.05, 0.1) is 11.8 Å². The Morgan fingerprint density at radius 3 is 2.50 bits per heavy atom. The average molecular weight is 454 g/mol. The fraction of sp³-hybridized carbons (Fsp3) is 0.292. The SMILES string of the molecule is Cc1ccc(N2C(=O)C(Cl)=C(Nc3ccc(C(=O)NCC4CCCO4)cc3)C2=O)cc1C. The van der Waals surface area contributed by atoms with E-state index in [0.717, 1.165) is 35.5 Å². The zero-order valence-corrected chi connectivity index (χ0v) is 18.7. The van der Waals surface area contributed by atoms with Gasteiger partial charge in [-0.25, -0.2) is 4.90 Å². The normalized spacial score (nSPS) is 18.5. The Morgan fingerprint density at radius 2 is 1.84 bits per heavy atom. The number of carbonyl (C=O) groups is 3. The van der Waals surface area contributed by atoms with Crippen LogP contribution in [0.4, 0.5) is 11.4 Å². The van der Waals surface area contributed by atoms with E-state index in [4.69, 9.17) is 16.3 Å². The van der Waals surface area contributed by atoms with Crippen molar-refractivity contribution in [2.75, 3.05) is 23.4 Å². The summed E-state index contributed by atoms with van der Waals surface area (Å²) in [4.78, 5) is 39.0. The van der Waals surface area contributed by atoms with Gasteiger partial charge in [-0.05, 0) is 74.2 Å². The Labute approximate surface area is 191 Å². The van der Waals surface area contributed by atoms with Crippen LogP contribution >= 0.6 is 11.6 Å². The van der Waals surface area contributed by atoms with E-state index < -0.39 is 11.8 Å². The quantitative estimate of drug-likeness (QED) is 0.652. The molecule has 2 aliphatic rings. The number of aryl methyl sites for hydroxylation is 2. The summed E-state index contributed by atoms with van der Waals surface area (Å²) in [5.74, 6) is -1.30. The molecular formula is C24H24ClN3O4. The largest absolute Gasteiger partial charge is 0.376 e. The van der Waals surface area contributed by atoms with Crippen molar-refractivity contribution in [2.45, 2.75) is 32.8 Å². The highest BCUT2D eigenvalue weighted by atomic mass is 35.5. The minimum atomic E-state index is -0.576. The zero-order chi connectivity index (χ0) is 22.8. The molecule has 166 valence electrons. The summed E-state index contributed by atoms with van der Waals surface area (Å²) in [5, 5.41) is 5.61.